The van der Waals surface area contributed by atoms with Crippen molar-refractivity contribution in [2.24, 2.45) is 0 Å². The molecule has 0 unspecified atom stereocenters. The number of nitrogens with zero attached hydrogens (tertiary/aromatic N) is 1. The molecule has 1 aliphatic rings. The Balaban J connectivity index is 2.29. The molecule has 0 atom stereocenters. The van der Waals surface area contributed by atoms with E-state index >= 15 is 0 Å². The maximum atomic E-state index is 13.4. The van der Waals surface area contributed by atoms with Crippen LogP contribution < -0.4 is 10.2 Å². The summed E-state index contributed by atoms with van der Waals surface area (Å²) >= 11 is 0. The zero-order valence-corrected chi connectivity index (χ0v) is 12.3. The van der Waals surface area contributed by atoms with Gasteiger partial charge in [-0.15, -0.1) is 0 Å². The van der Waals surface area contributed by atoms with Crippen LogP contribution in [0.15, 0.2) is 18.2 Å². The first kappa shape index (κ1) is 17.0. The van der Waals surface area contributed by atoms with E-state index < -0.39 is 24.2 Å². The number of anilines is 1. The summed E-state index contributed by atoms with van der Waals surface area (Å²) in [5, 5.41) is 3.10. The van der Waals surface area contributed by atoms with Gasteiger partial charge in [0.05, 0.1) is 12.1 Å². The third-order valence-corrected chi connectivity index (χ3v) is 3.67. The Morgan fingerprint density at radius 3 is 2.55 bits per heavy atom. The predicted octanol–water partition coefficient (Wildman–Crippen LogP) is 4.05. The van der Waals surface area contributed by atoms with Gasteiger partial charge in [-0.2, -0.15) is 13.2 Å². The molecule has 1 aliphatic heterocycles. The second kappa shape index (κ2) is 6.40. The van der Waals surface area contributed by atoms with E-state index in [0.717, 1.165) is 25.1 Å². The first-order valence-electron chi connectivity index (χ1n) is 7.26. The molecule has 1 saturated heterocycles. The second-order valence-electron chi connectivity index (χ2n) is 5.55. The van der Waals surface area contributed by atoms with Gasteiger partial charge in [0.25, 0.3) is 5.92 Å². The number of hydrogen-bond acceptors (Lipinski definition) is 2. The van der Waals surface area contributed by atoms with Crippen molar-refractivity contribution in [2.45, 2.75) is 38.4 Å². The van der Waals surface area contributed by atoms with E-state index in [0.29, 0.717) is 12.1 Å². The molecule has 2 nitrogen and oxygen atoms in total. The van der Waals surface area contributed by atoms with Crippen molar-refractivity contribution >= 4 is 5.69 Å². The molecule has 22 heavy (non-hydrogen) atoms. The third-order valence-electron chi connectivity index (χ3n) is 3.67. The summed E-state index contributed by atoms with van der Waals surface area (Å²) in [5.41, 5.74) is 0.0479. The van der Waals surface area contributed by atoms with Crippen LogP contribution in [0.25, 0.3) is 0 Å². The Hall–Kier alpha value is -1.37. The Bertz CT molecular complexity index is 513. The van der Waals surface area contributed by atoms with Gasteiger partial charge in [0, 0.05) is 25.2 Å². The van der Waals surface area contributed by atoms with Gasteiger partial charge in [0.2, 0.25) is 0 Å². The van der Waals surface area contributed by atoms with Crippen molar-refractivity contribution in [1.82, 2.24) is 5.32 Å². The topological polar surface area (TPSA) is 15.3 Å². The van der Waals surface area contributed by atoms with Crippen molar-refractivity contribution in [1.29, 1.82) is 0 Å². The lowest BCUT2D eigenvalue weighted by atomic mass is 10.1. The van der Waals surface area contributed by atoms with Gasteiger partial charge in [-0.05, 0) is 30.7 Å². The van der Waals surface area contributed by atoms with Crippen LogP contribution in [0.1, 0.15) is 30.9 Å². The molecule has 0 bridgehead atoms. The van der Waals surface area contributed by atoms with Gasteiger partial charge < -0.3 is 10.2 Å². The summed E-state index contributed by atoms with van der Waals surface area (Å²) in [6.45, 7) is 2.59. The van der Waals surface area contributed by atoms with E-state index in [1.165, 1.54) is 11.0 Å². The molecule has 124 valence electrons. The molecule has 0 amide bonds. The van der Waals surface area contributed by atoms with Crippen molar-refractivity contribution in [3.05, 3.63) is 29.3 Å². The highest BCUT2D eigenvalue weighted by molar-refractivity contribution is 5.57. The zero-order chi connectivity index (χ0) is 16.4. The smallest absolute Gasteiger partial charge is 0.365 e. The number of benzene rings is 1. The molecular formula is C15H19F5N2. The summed E-state index contributed by atoms with van der Waals surface area (Å²) in [6.07, 6.45) is -3.92. The standard InChI is InChI=1S/C15H19F5N2/c1-2-6-21-9-11-3-4-12(15(18,19)20)8-13(11)22-7-5-14(16,17)10-22/h3-4,8,21H,2,5-7,9-10H2,1H3. The largest absolute Gasteiger partial charge is 0.416 e. The van der Waals surface area contributed by atoms with Crippen LogP contribution in [0.3, 0.4) is 0 Å². The van der Waals surface area contributed by atoms with Crippen molar-refractivity contribution < 1.29 is 22.0 Å². The Morgan fingerprint density at radius 2 is 2.00 bits per heavy atom. The van der Waals surface area contributed by atoms with Crippen LogP contribution in [0.2, 0.25) is 0 Å². The molecule has 0 aliphatic carbocycles. The lowest BCUT2D eigenvalue weighted by Gasteiger charge is -2.23. The first-order chi connectivity index (χ1) is 10.2. The molecule has 0 radical (unpaired) electrons. The summed E-state index contributed by atoms with van der Waals surface area (Å²) < 4.78 is 65.3. The van der Waals surface area contributed by atoms with Crippen LogP contribution in [0, 0.1) is 0 Å². The molecule has 2 rings (SSSR count). The van der Waals surface area contributed by atoms with Crippen molar-refractivity contribution in [3.8, 4) is 0 Å². The maximum Gasteiger partial charge on any atom is 0.416 e. The quantitative estimate of drug-likeness (QED) is 0.650. The number of alkyl halides is 5. The van der Waals surface area contributed by atoms with Crippen LogP contribution in [0.4, 0.5) is 27.6 Å². The van der Waals surface area contributed by atoms with E-state index in [4.69, 9.17) is 0 Å². The molecule has 1 heterocycles. The molecular weight excluding hydrogens is 303 g/mol. The molecule has 1 N–H and O–H groups in total. The second-order valence-corrected chi connectivity index (χ2v) is 5.55. The molecule has 0 saturated carbocycles. The van der Waals surface area contributed by atoms with Gasteiger partial charge in [-0.1, -0.05) is 13.0 Å². The average molecular weight is 322 g/mol. The molecule has 1 aromatic rings. The minimum absolute atomic E-state index is 0.0646. The fraction of sp³-hybridized carbons (Fsp3) is 0.600. The van der Waals surface area contributed by atoms with E-state index in [9.17, 15) is 22.0 Å². The lowest BCUT2D eigenvalue weighted by molar-refractivity contribution is -0.137. The molecule has 0 aromatic heterocycles. The third kappa shape index (κ3) is 4.09. The minimum atomic E-state index is -4.48. The van der Waals surface area contributed by atoms with E-state index in [1.54, 1.807) is 0 Å². The van der Waals surface area contributed by atoms with Crippen molar-refractivity contribution in [3.63, 3.8) is 0 Å². The monoisotopic (exact) mass is 322 g/mol. The fourth-order valence-electron chi connectivity index (χ4n) is 2.53. The highest BCUT2D eigenvalue weighted by Gasteiger charge is 2.39. The van der Waals surface area contributed by atoms with Gasteiger partial charge >= 0.3 is 6.18 Å². The molecule has 7 heteroatoms. The van der Waals surface area contributed by atoms with E-state index in [1.807, 2.05) is 6.92 Å². The molecule has 0 spiro atoms. The Labute approximate surface area is 126 Å². The number of halogens is 5. The highest BCUT2D eigenvalue weighted by Crippen LogP contribution is 2.37. The van der Waals surface area contributed by atoms with Crippen molar-refractivity contribution in [2.75, 3.05) is 24.5 Å². The lowest BCUT2D eigenvalue weighted by Crippen LogP contribution is -2.27. The fourth-order valence-corrected chi connectivity index (χ4v) is 2.53. The van der Waals surface area contributed by atoms with Crippen LogP contribution >= 0.6 is 0 Å². The van der Waals surface area contributed by atoms with E-state index in [-0.39, 0.29) is 18.7 Å². The van der Waals surface area contributed by atoms with E-state index in [2.05, 4.69) is 5.32 Å². The van der Waals surface area contributed by atoms with Crippen LogP contribution in [-0.2, 0) is 12.7 Å². The summed E-state index contributed by atoms with van der Waals surface area (Å²) in [7, 11) is 0. The Morgan fingerprint density at radius 1 is 1.27 bits per heavy atom. The zero-order valence-electron chi connectivity index (χ0n) is 12.3. The van der Waals surface area contributed by atoms with Gasteiger partial charge in [-0.25, -0.2) is 8.78 Å². The van der Waals surface area contributed by atoms with Gasteiger partial charge in [0.15, 0.2) is 0 Å². The number of nitrogens with one attached hydrogen (secondary N) is 1. The number of hydrogen-bond donors (Lipinski definition) is 1. The molecule has 1 aromatic carbocycles. The van der Waals surface area contributed by atoms with Crippen LogP contribution in [0.5, 0.6) is 0 Å². The maximum absolute atomic E-state index is 13.4. The first-order valence-corrected chi connectivity index (χ1v) is 7.26. The Kier molecular flexibility index (Phi) is 4.94. The average Bonchev–Trinajstić information content (AvgIpc) is 2.78. The number of rotatable bonds is 5. The normalized spacial score (nSPS) is 18.0. The van der Waals surface area contributed by atoms with Gasteiger partial charge in [-0.3, -0.25) is 0 Å². The minimum Gasteiger partial charge on any atom is -0.365 e. The summed E-state index contributed by atoms with van der Waals surface area (Å²) in [5.74, 6) is -2.84. The van der Waals surface area contributed by atoms with Gasteiger partial charge in [0.1, 0.15) is 0 Å². The summed E-state index contributed by atoms with van der Waals surface area (Å²) in [6, 6.07) is 3.35. The SMILES string of the molecule is CCCNCc1ccc(C(F)(F)F)cc1N1CCC(F)(F)C1. The molecule has 1 fully saturated rings. The predicted molar refractivity (Wildman–Crippen MR) is 75.2 cm³/mol. The summed E-state index contributed by atoms with van der Waals surface area (Å²) in [4.78, 5) is 1.35. The highest BCUT2D eigenvalue weighted by atomic mass is 19.4. The van der Waals surface area contributed by atoms with Crippen LogP contribution in [-0.4, -0.2) is 25.6 Å².